The minimum Gasteiger partial charge on any atom is -0.480 e. The normalized spacial score (nSPS) is 23.0. The minimum absolute atomic E-state index is 0.118. The molecular weight excluding hydrogens is 417 g/mol. The molecule has 0 radical (unpaired) electrons. The smallest absolute Gasteiger partial charge is 0.320 e. The zero-order chi connectivity index (χ0) is 23.8. The quantitative estimate of drug-likeness (QED) is 0.490. The van der Waals surface area contributed by atoms with Gasteiger partial charge in [-0.2, -0.15) is 5.26 Å². The number of aryl methyl sites for hydroxylation is 1. The van der Waals surface area contributed by atoms with Crippen molar-refractivity contribution in [3.63, 3.8) is 0 Å². The van der Waals surface area contributed by atoms with Gasteiger partial charge in [-0.15, -0.1) is 0 Å². The molecule has 3 atom stereocenters. The van der Waals surface area contributed by atoms with Crippen LogP contribution in [0.5, 0.6) is 0 Å². The third kappa shape index (κ3) is 8.08. The van der Waals surface area contributed by atoms with Gasteiger partial charge in [0, 0.05) is 12.6 Å². The summed E-state index contributed by atoms with van der Waals surface area (Å²) in [5, 5.41) is 21.7. The Morgan fingerprint density at radius 2 is 2.00 bits per heavy atom. The number of hydrogen-bond acceptors (Lipinski definition) is 4. The number of piperidine rings is 1. The fourth-order valence-electron chi connectivity index (χ4n) is 5.61. The molecule has 1 aliphatic heterocycles. The molecule has 1 aliphatic carbocycles. The molecule has 1 saturated heterocycles. The standard InChI is InChI=1S/C27H40FN3O2/c1-19(2)14-26(27(32)33)30-24-9-7-22(15-24)18-31-12-10-20(11-13-31)4-3-5-21-6-8-23(17-29)25(28)16-21/h6,8,16,19-20,22,24,26,30H,3-5,7,9-15,18H2,1-2H3,(H,32,33)/t22-,24?,26?/m1/s1. The molecule has 2 N–H and O–H groups in total. The Kier molecular flexibility index (Phi) is 9.70. The van der Waals surface area contributed by atoms with Gasteiger partial charge in [0.15, 0.2) is 0 Å². The van der Waals surface area contributed by atoms with Crippen molar-refractivity contribution < 1.29 is 14.3 Å². The highest BCUT2D eigenvalue weighted by atomic mass is 19.1. The number of likely N-dealkylation sites (tertiary alicyclic amines) is 1. The highest BCUT2D eigenvalue weighted by molar-refractivity contribution is 5.73. The lowest BCUT2D eigenvalue weighted by Gasteiger charge is -2.33. The first kappa shape index (κ1) is 25.6. The van der Waals surface area contributed by atoms with Crippen molar-refractivity contribution in [1.29, 1.82) is 5.26 Å². The SMILES string of the molecule is CC(C)CC(NC1CC[C@@H](CN2CCC(CCCc3ccc(C#N)c(F)c3)CC2)C1)C(=O)O. The van der Waals surface area contributed by atoms with Crippen molar-refractivity contribution in [3.8, 4) is 6.07 Å². The van der Waals surface area contributed by atoms with E-state index in [4.69, 9.17) is 5.26 Å². The summed E-state index contributed by atoms with van der Waals surface area (Å²) in [6, 6.07) is 6.74. The van der Waals surface area contributed by atoms with Crippen LogP contribution in [0, 0.1) is 34.9 Å². The monoisotopic (exact) mass is 457 g/mol. The second-order valence-corrected chi connectivity index (χ2v) is 10.6. The fraction of sp³-hybridized carbons (Fsp3) is 0.704. The summed E-state index contributed by atoms with van der Waals surface area (Å²) in [7, 11) is 0. The Balaban J connectivity index is 1.32. The topological polar surface area (TPSA) is 76.4 Å². The van der Waals surface area contributed by atoms with Crippen LogP contribution in [0.1, 0.15) is 76.3 Å². The highest BCUT2D eigenvalue weighted by Gasteiger charge is 2.31. The van der Waals surface area contributed by atoms with Crippen LogP contribution >= 0.6 is 0 Å². The van der Waals surface area contributed by atoms with Crippen LogP contribution in [0.2, 0.25) is 0 Å². The molecule has 33 heavy (non-hydrogen) atoms. The molecule has 2 unspecified atom stereocenters. The third-order valence-electron chi connectivity index (χ3n) is 7.44. The molecule has 0 amide bonds. The molecule has 182 valence electrons. The lowest BCUT2D eigenvalue weighted by atomic mass is 9.90. The fourth-order valence-corrected chi connectivity index (χ4v) is 5.61. The Morgan fingerprint density at radius 3 is 2.64 bits per heavy atom. The van der Waals surface area contributed by atoms with E-state index < -0.39 is 17.8 Å². The highest BCUT2D eigenvalue weighted by Crippen LogP contribution is 2.30. The molecule has 0 aromatic heterocycles. The van der Waals surface area contributed by atoms with Crippen LogP contribution in [0.3, 0.4) is 0 Å². The van der Waals surface area contributed by atoms with Gasteiger partial charge in [-0.1, -0.05) is 26.3 Å². The Hall–Kier alpha value is -1.97. The number of carbonyl (C=O) groups is 1. The number of benzene rings is 1. The van der Waals surface area contributed by atoms with Crippen molar-refractivity contribution in [2.24, 2.45) is 17.8 Å². The van der Waals surface area contributed by atoms with Gasteiger partial charge >= 0.3 is 5.97 Å². The lowest BCUT2D eigenvalue weighted by Crippen LogP contribution is -2.43. The summed E-state index contributed by atoms with van der Waals surface area (Å²) >= 11 is 0. The van der Waals surface area contributed by atoms with E-state index in [9.17, 15) is 14.3 Å². The number of carboxylic acid groups (broad SMARTS) is 1. The first-order chi connectivity index (χ1) is 15.8. The van der Waals surface area contributed by atoms with Gasteiger partial charge < -0.3 is 15.3 Å². The summed E-state index contributed by atoms with van der Waals surface area (Å²) in [5.74, 6) is 0.653. The van der Waals surface area contributed by atoms with E-state index in [1.165, 1.54) is 31.7 Å². The molecule has 1 aromatic rings. The summed E-state index contributed by atoms with van der Waals surface area (Å²) in [4.78, 5) is 14.1. The Morgan fingerprint density at radius 1 is 1.24 bits per heavy atom. The summed E-state index contributed by atoms with van der Waals surface area (Å²) in [5.41, 5.74) is 1.10. The number of nitrogens with zero attached hydrogens (tertiary/aromatic N) is 2. The van der Waals surface area contributed by atoms with Crippen molar-refractivity contribution in [3.05, 3.63) is 35.1 Å². The van der Waals surface area contributed by atoms with E-state index in [-0.39, 0.29) is 5.56 Å². The number of nitriles is 1. The van der Waals surface area contributed by atoms with E-state index in [0.717, 1.165) is 56.8 Å². The molecule has 5 nitrogen and oxygen atoms in total. The minimum atomic E-state index is -0.724. The van der Waals surface area contributed by atoms with Crippen LogP contribution < -0.4 is 5.32 Å². The van der Waals surface area contributed by atoms with Gasteiger partial charge in [-0.05, 0) is 99.9 Å². The number of hydrogen-bond donors (Lipinski definition) is 2. The maximum absolute atomic E-state index is 13.8. The molecule has 2 aliphatic rings. The van der Waals surface area contributed by atoms with Crippen LogP contribution in [-0.4, -0.2) is 47.7 Å². The number of halogens is 1. The zero-order valence-electron chi connectivity index (χ0n) is 20.2. The van der Waals surface area contributed by atoms with E-state index in [1.807, 2.05) is 12.1 Å². The van der Waals surface area contributed by atoms with Gasteiger partial charge in [0.05, 0.1) is 5.56 Å². The zero-order valence-corrected chi connectivity index (χ0v) is 20.2. The molecule has 6 heteroatoms. The predicted molar refractivity (Wildman–Crippen MR) is 128 cm³/mol. The molecule has 3 rings (SSSR count). The van der Waals surface area contributed by atoms with Gasteiger partial charge in [-0.3, -0.25) is 4.79 Å². The number of nitrogens with one attached hydrogen (secondary N) is 1. The van der Waals surface area contributed by atoms with E-state index >= 15 is 0 Å². The molecule has 2 fully saturated rings. The summed E-state index contributed by atoms with van der Waals surface area (Å²) in [6.07, 6.45) is 9.61. The lowest BCUT2D eigenvalue weighted by molar-refractivity contribution is -0.140. The number of carboxylic acids is 1. The van der Waals surface area contributed by atoms with Gasteiger partial charge in [-0.25, -0.2) is 4.39 Å². The first-order valence-electron chi connectivity index (χ1n) is 12.7. The predicted octanol–water partition coefficient (Wildman–Crippen LogP) is 4.99. The largest absolute Gasteiger partial charge is 0.480 e. The van der Waals surface area contributed by atoms with Crippen molar-refractivity contribution in [2.45, 2.75) is 83.7 Å². The van der Waals surface area contributed by atoms with E-state index in [2.05, 4.69) is 24.1 Å². The van der Waals surface area contributed by atoms with E-state index in [0.29, 0.717) is 24.3 Å². The van der Waals surface area contributed by atoms with Gasteiger partial charge in [0.1, 0.15) is 17.9 Å². The van der Waals surface area contributed by atoms with Crippen molar-refractivity contribution >= 4 is 5.97 Å². The molecule has 1 saturated carbocycles. The molecule has 1 aromatic carbocycles. The maximum atomic E-state index is 13.8. The van der Waals surface area contributed by atoms with Gasteiger partial charge in [0.2, 0.25) is 0 Å². The third-order valence-corrected chi connectivity index (χ3v) is 7.44. The van der Waals surface area contributed by atoms with Crippen molar-refractivity contribution in [2.75, 3.05) is 19.6 Å². The second-order valence-electron chi connectivity index (χ2n) is 10.6. The summed E-state index contributed by atoms with van der Waals surface area (Å²) in [6.45, 7) is 7.58. The first-order valence-corrected chi connectivity index (χ1v) is 12.7. The average molecular weight is 458 g/mol. The average Bonchev–Trinajstić information content (AvgIpc) is 3.21. The summed E-state index contributed by atoms with van der Waals surface area (Å²) < 4.78 is 13.8. The molecular formula is C27H40FN3O2. The molecule has 1 heterocycles. The van der Waals surface area contributed by atoms with E-state index in [1.54, 1.807) is 6.07 Å². The Bertz CT molecular complexity index is 814. The Labute approximate surface area is 198 Å². The van der Waals surface area contributed by atoms with Crippen LogP contribution in [0.4, 0.5) is 4.39 Å². The number of aliphatic carboxylic acids is 1. The number of rotatable bonds is 11. The second kappa shape index (κ2) is 12.5. The van der Waals surface area contributed by atoms with Crippen LogP contribution in [-0.2, 0) is 11.2 Å². The van der Waals surface area contributed by atoms with Crippen LogP contribution in [0.15, 0.2) is 18.2 Å². The van der Waals surface area contributed by atoms with Crippen molar-refractivity contribution in [1.82, 2.24) is 10.2 Å². The van der Waals surface area contributed by atoms with Gasteiger partial charge in [0.25, 0.3) is 0 Å². The maximum Gasteiger partial charge on any atom is 0.320 e. The van der Waals surface area contributed by atoms with Crippen LogP contribution in [0.25, 0.3) is 0 Å². The molecule has 0 bridgehead atoms. The molecule has 0 spiro atoms.